The fraction of sp³-hybridized carbons (Fsp3) is 0.316. The molecule has 136 valence electrons. The van der Waals surface area contributed by atoms with E-state index in [-0.39, 0.29) is 12.1 Å². The van der Waals surface area contributed by atoms with E-state index in [0.717, 1.165) is 10.4 Å². The first kappa shape index (κ1) is 18.1. The summed E-state index contributed by atoms with van der Waals surface area (Å²) in [6, 6.07) is 8.12. The molecule has 0 saturated carbocycles. The second-order valence-corrected chi connectivity index (χ2v) is 7.83. The monoisotopic (exact) mass is 369 g/mol. The van der Waals surface area contributed by atoms with E-state index in [2.05, 4.69) is 34.5 Å². The second-order valence-electron chi connectivity index (χ2n) is 6.46. The van der Waals surface area contributed by atoms with Crippen LogP contribution in [0.1, 0.15) is 35.2 Å². The Labute approximate surface area is 157 Å². The standard InChI is InChI=1S/C19H23N5OS/c1-14(2)24-12-17(10-21-24)22-19(25)23(11-16-6-8-20-9-7-16)13-18-5-4-15(3)26-18/h4-10,12,14H,11,13H2,1-3H3,(H,22,25). The van der Waals surface area contributed by atoms with Crippen LogP contribution in [0.25, 0.3) is 0 Å². The summed E-state index contributed by atoms with van der Waals surface area (Å²) >= 11 is 1.71. The zero-order chi connectivity index (χ0) is 18.5. The maximum Gasteiger partial charge on any atom is 0.322 e. The molecule has 0 aliphatic rings. The number of pyridine rings is 1. The zero-order valence-electron chi connectivity index (χ0n) is 15.2. The lowest BCUT2D eigenvalue weighted by atomic mass is 10.2. The first-order valence-corrected chi connectivity index (χ1v) is 9.37. The Morgan fingerprint density at radius 1 is 1.23 bits per heavy atom. The fourth-order valence-electron chi connectivity index (χ4n) is 2.55. The number of anilines is 1. The number of urea groups is 1. The largest absolute Gasteiger partial charge is 0.322 e. The number of nitrogens with one attached hydrogen (secondary N) is 1. The Balaban J connectivity index is 1.75. The molecule has 0 aliphatic carbocycles. The number of hydrogen-bond donors (Lipinski definition) is 1. The molecule has 3 aromatic heterocycles. The highest BCUT2D eigenvalue weighted by Gasteiger charge is 2.17. The highest BCUT2D eigenvalue weighted by atomic mass is 32.1. The molecule has 26 heavy (non-hydrogen) atoms. The Kier molecular flexibility index (Phi) is 5.68. The summed E-state index contributed by atoms with van der Waals surface area (Å²) in [6.45, 7) is 7.25. The number of aryl methyl sites for hydroxylation is 1. The molecule has 1 N–H and O–H groups in total. The van der Waals surface area contributed by atoms with Gasteiger partial charge >= 0.3 is 6.03 Å². The molecule has 0 spiro atoms. The van der Waals surface area contributed by atoms with E-state index in [9.17, 15) is 4.79 Å². The number of hydrogen-bond acceptors (Lipinski definition) is 4. The minimum atomic E-state index is -0.142. The van der Waals surface area contributed by atoms with Crippen LogP contribution in [0.4, 0.5) is 10.5 Å². The lowest BCUT2D eigenvalue weighted by Gasteiger charge is -2.22. The zero-order valence-corrected chi connectivity index (χ0v) is 16.0. The lowest BCUT2D eigenvalue weighted by Crippen LogP contribution is -2.33. The van der Waals surface area contributed by atoms with E-state index < -0.39 is 0 Å². The van der Waals surface area contributed by atoms with E-state index in [4.69, 9.17) is 0 Å². The number of thiophene rings is 1. The van der Waals surface area contributed by atoms with Crippen LogP contribution in [-0.2, 0) is 13.1 Å². The molecule has 2 amide bonds. The summed E-state index contributed by atoms with van der Waals surface area (Å²) in [5.74, 6) is 0. The van der Waals surface area contributed by atoms with Gasteiger partial charge in [0, 0.05) is 40.9 Å². The predicted octanol–water partition coefficient (Wildman–Crippen LogP) is 4.46. The molecular weight excluding hydrogens is 346 g/mol. The Hall–Kier alpha value is -2.67. The number of amides is 2. The van der Waals surface area contributed by atoms with Crippen molar-refractivity contribution in [2.45, 2.75) is 39.9 Å². The maximum atomic E-state index is 12.9. The number of carbonyl (C=O) groups excluding carboxylic acids is 1. The number of rotatable bonds is 6. The normalized spacial score (nSPS) is 10.9. The van der Waals surface area contributed by atoms with Gasteiger partial charge in [0.2, 0.25) is 0 Å². The van der Waals surface area contributed by atoms with Crippen LogP contribution >= 0.6 is 11.3 Å². The molecular formula is C19H23N5OS. The van der Waals surface area contributed by atoms with Crippen molar-refractivity contribution in [1.29, 1.82) is 0 Å². The lowest BCUT2D eigenvalue weighted by molar-refractivity contribution is 0.207. The van der Waals surface area contributed by atoms with Crippen LogP contribution in [0.3, 0.4) is 0 Å². The molecule has 3 heterocycles. The summed E-state index contributed by atoms with van der Waals surface area (Å²) in [5.41, 5.74) is 1.74. The number of aromatic nitrogens is 3. The van der Waals surface area contributed by atoms with Gasteiger partial charge in [0.1, 0.15) is 0 Å². The van der Waals surface area contributed by atoms with Crippen LogP contribution in [0.5, 0.6) is 0 Å². The van der Waals surface area contributed by atoms with Gasteiger partial charge in [0.15, 0.2) is 0 Å². The van der Waals surface area contributed by atoms with Crippen LogP contribution in [0.15, 0.2) is 49.1 Å². The third-order valence-electron chi connectivity index (χ3n) is 3.93. The minimum Gasteiger partial charge on any atom is -0.315 e. The van der Waals surface area contributed by atoms with Gasteiger partial charge in [0.25, 0.3) is 0 Å². The molecule has 0 saturated heterocycles. The highest BCUT2D eigenvalue weighted by Crippen LogP contribution is 2.19. The number of carbonyl (C=O) groups is 1. The van der Waals surface area contributed by atoms with Gasteiger partial charge in [-0.1, -0.05) is 0 Å². The molecule has 0 fully saturated rings. The first-order valence-electron chi connectivity index (χ1n) is 8.55. The molecule has 0 unspecified atom stereocenters. The van der Waals surface area contributed by atoms with Gasteiger partial charge in [-0.15, -0.1) is 11.3 Å². The van der Waals surface area contributed by atoms with E-state index >= 15 is 0 Å². The van der Waals surface area contributed by atoms with Crippen molar-refractivity contribution in [2.24, 2.45) is 0 Å². The first-order chi connectivity index (χ1) is 12.5. The summed E-state index contributed by atoms with van der Waals surface area (Å²) < 4.78 is 1.82. The van der Waals surface area contributed by atoms with Crippen molar-refractivity contribution in [3.8, 4) is 0 Å². The molecule has 3 aromatic rings. The van der Waals surface area contributed by atoms with E-state index in [1.54, 1.807) is 34.8 Å². The van der Waals surface area contributed by atoms with Gasteiger partial charge in [-0.25, -0.2) is 4.79 Å². The smallest absolute Gasteiger partial charge is 0.315 e. The highest BCUT2D eigenvalue weighted by molar-refractivity contribution is 7.11. The SMILES string of the molecule is Cc1ccc(CN(Cc2ccncc2)C(=O)Nc2cnn(C(C)C)c2)s1. The van der Waals surface area contributed by atoms with Gasteiger partial charge in [-0.2, -0.15) is 5.10 Å². The van der Waals surface area contributed by atoms with Crippen molar-refractivity contribution >= 4 is 23.1 Å². The summed E-state index contributed by atoms with van der Waals surface area (Å²) in [6.07, 6.45) is 7.01. The molecule has 0 aliphatic heterocycles. The van der Waals surface area contributed by atoms with Crippen molar-refractivity contribution in [2.75, 3.05) is 5.32 Å². The summed E-state index contributed by atoms with van der Waals surface area (Å²) in [7, 11) is 0. The topological polar surface area (TPSA) is 63.1 Å². The van der Waals surface area contributed by atoms with Crippen LogP contribution in [0, 0.1) is 6.92 Å². The molecule has 6 nitrogen and oxygen atoms in total. The fourth-order valence-corrected chi connectivity index (χ4v) is 3.46. The van der Waals surface area contributed by atoms with Crippen molar-refractivity contribution in [1.82, 2.24) is 19.7 Å². The van der Waals surface area contributed by atoms with Crippen LogP contribution < -0.4 is 5.32 Å². The molecule has 7 heteroatoms. The third kappa shape index (κ3) is 4.70. The van der Waals surface area contributed by atoms with E-state index in [1.807, 2.05) is 36.9 Å². The third-order valence-corrected chi connectivity index (χ3v) is 4.92. The van der Waals surface area contributed by atoms with Gasteiger partial charge in [-0.05, 0) is 50.6 Å². The summed E-state index contributed by atoms with van der Waals surface area (Å²) in [4.78, 5) is 21.1. The molecule has 0 bridgehead atoms. The Bertz CT molecular complexity index is 856. The summed E-state index contributed by atoms with van der Waals surface area (Å²) in [5, 5.41) is 7.23. The average Bonchev–Trinajstić information content (AvgIpc) is 3.24. The van der Waals surface area contributed by atoms with Gasteiger partial charge in [-0.3, -0.25) is 9.67 Å². The van der Waals surface area contributed by atoms with Crippen molar-refractivity contribution in [3.05, 3.63) is 64.4 Å². The molecule has 3 rings (SSSR count). The second kappa shape index (κ2) is 8.14. The molecule has 0 radical (unpaired) electrons. The quantitative estimate of drug-likeness (QED) is 0.697. The van der Waals surface area contributed by atoms with Gasteiger partial charge in [0.05, 0.1) is 18.4 Å². The van der Waals surface area contributed by atoms with Crippen molar-refractivity contribution < 1.29 is 4.79 Å². The van der Waals surface area contributed by atoms with Gasteiger partial charge < -0.3 is 10.2 Å². The van der Waals surface area contributed by atoms with Crippen molar-refractivity contribution in [3.63, 3.8) is 0 Å². The van der Waals surface area contributed by atoms with E-state index in [0.29, 0.717) is 18.8 Å². The molecule has 0 atom stereocenters. The number of nitrogens with zero attached hydrogens (tertiary/aromatic N) is 4. The van der Waals surface area contributed by atoms with Crippen LogP contribution in [-0.4, -0.2) is 25.7 Å². The Morgan fingerprint density at radius 3 is 2.62 bits per heavy atom. The van der Waals surface area contributed by atoms with Crippen LogP contribution in [0.2, 0.25) is 0 Å². The predicted molar refractivity (Wildman–Crippen MR) is 104 cm³/mol. The minimum absolute atomic E-state index is 0.142. The maximum absolute atomic E-state index is 12.9. The molecule has 0 aromatic carbocycles. The average molecular weight is 369 g/mol. The van der Waals surface area contributed by atoms with E-state index in [1.165, 1.54) is 4.88 Å². The Morgan fingerprint density at radius 2 is 2.00 bits per heavy atom.